The Bertz CT molecular complexity index is 550. The van der Waals surface area contributed by atoms with Gasteiger partial charge in [0, 0.05) is 12.4 Å². The number of aryl methyl sites for hydroxylation is 2. The predicted molar refractivity (Wildman–Crippen MR) is 71.9 cm³/mol. The van der Waals surface area contributed by atoms with Gasteiger partial charge in [-0.2, -0.15) is 0 Å². The first-order valence-corrected chi connectivity index (χ1v) is 5.40. The fourth-order valence-electron chi connectivity index (χ4n) is 0.996. The van der Waals surface area contributed by atoms with E-state index in [1.807, 2.05) is 0 Å². The number of hydrogen-bond donors (Lipinski definition) is 0. The zero-order valence-electron chi connectivity index (χ0n) is 12.6. The number of aromatic carboxylic acids is 2. The molecule has 2 aromatic heterocycles. The number of carboxylic acid groups (broad SMARTS) is 2. The fourth-order valence-corrected chi connectivity index (χ4v) is 0.996. The first kappa shape index (κ1) is 25.6. The molecule has 0 radical (unpaired) electrons. The van der Waals surface area contributed by atoms with Gasteiger partial charge >= 0.3 is 19.5 Å². The van der Waals surface area contributed by atoms with E-state index in [0.29, 0.717) is 11.4 Å². The van der Waals surface area contributed by atoms with Gasteiger partial charge in [0.05, 0.1) is 35.7 Å². The maximum Gasteiger partial charge on any atom is 2.00 e. The van der Waals surface area contributed by atoms with E-state index in [-0.39, 0.29) is 41.8 Å². The van der Waals surface area contributed by atoms with Crippen molar-refractivity contribution in [3.05, 3.63) is 47.6 Å². The van der Waals surface area contributed by atoms with Crippen molar-refractivity contribution in [3.63, 3.8) is 0 Å². The van der Waals surface area contributed by atoms with Crippen LogP contribution < -0.4 is 10.2 Å². The third kappa shape index (κ3) is 9.30. The van der Waals surface area contributed by atoms with Crippen molar-refractivity contribution in [2.45, 2.75) is 13.8 Å². The molecule has 11 heteroatoms. The van der Waals surface area contributed by atoms with Gasteiger partial charge in [0.2, 0.25) is 0 Å². The van der Waals surface area contributed by atoms with Crippen LogP contribution in [0.15, 0.2) is 24.8 Å². The van der Waals surface area contributed by atoms with Gasteiger partial charge in [0.15, 0.2) is 0 Å². The van der Waals surface area contributed by atoms with Crippen LogP contribution in [0, 0.1) is 13.8 Å². The number of carboxylic acids is 2. The van der Waals surface area contributed by atoms with Crippen molar-refractivity contribution >= 4 is 11.9 Å². The molecule has 0 aliphatic rings. The van der Waals surface area contributed by atoms with Crippen molar-refractivity contribution in [2.24, 2.45) is 0 Å². The van der Waals surface area contributed by atoms with E-state index in [1.165, 1.54) is 24.8 Å². The summed E-state index contributed by atoms with van der Waals surface area (Å²) in [4.78, 5) is 34.7. The van der Waals surface area contributed by atoms with Gasteiger partial charge in [0.1, 0.15) is 11.4 Å². The zero-order valence-corrected chi connectivity index (χ0v) is 15.6. The molecule has 10 nitrogen and oxygen atoms in total. The summed E-state index contributed by atoms with van der Waals surface area (Å²) in [7, 11) is 0. The normalized spacial score (nSPS) is 8.09. The van der Waals surface area contributed by atoms with Gasteiger partial charge in [-0.1, -0.05) is 0 Å². The summed E-state index contributed by atoms with van der Waals surface area (Å²) in [6.45, 7) is 3.46. The van der Waals surface area contributed by atoms with E-state index >= 15 is 0 Å². The number of nitrogens with zero attached hydrogens (tertiary/aromatic N) is 4. The van der Waals surface area contributed by atoms with Crippen LogP contribution in [0.4, 0.5) is 0 Å². The number of rotatable bonds is 2. The van der Waals surface area contributed by atoms with Gasteiger partial charge in [-0.3, -0.25) is 19.9 Å². The third-order valence-corrected chi connectivity index (χ3v) is 1.98. The summed E-state index contributed by atoms with van der Waals surface area (Å²) >= 11 is 0. The first-order valence-electron chi connectivity index (χ1n) is 5.40. The molecule has 120 valence electrons. The summed E-state index contributed by atoms with van der Waals surface area (Å²) in [5, 5.41) is 20.2. The molecule has 0 fully saturated rings. The number of aromatic nitrogens is 4. The molecule has 2 heterocycles. The zero-order chi connectivity index (χ0) is 15.1. The Morgan fingerprint density at radius 2 is 1.04 bits per heavy atom. The molecule has 6 N–H and O–H groups in total. The van der Waals surface area contributed by atoms with E-state index in [2.05, 4.69) is 19.9 Å². The van der Waals surface area contributed by atoms with Crippen molar-refractivity contribution in [2.75, 3.05) is 0 Å². The standard InChI is InChI=1S/2C6H6N2O2.2H2O.Zn/c2*1-4-2-8-5(3-7-4)6(9)10;;;/h2*2-3H,1H3,(H,9,10);2*1H2;/q;;;;+2. The molecule has 23 heavy (non-hydrogen) atoms. The smallest absolute Gasteiger partial charge is 0.543 e. The van der Waals surface area contributed by atoms with Gasteiger partial charge in [-0.05, 0) is 13.8 Å². The molecule has 0 saturated heterocycles. The minimum atomic E-state index is -1.30. The average Bonchev–Trinajstić information content (AvgIpc) is 2.40. The fraction of sp³-hybridized carbons (Fsp3) is 0.167. The van der Waals surface area contributed by atoms with Gasteiger partial charge < -0.3 is 30.8 Å². The van der Waals surface area contributed by atoms with E-state index in [4.69, 9.17) is 0 Å². The van der Waals surface area contributed by atoms with Gasteiger partial charge in [0.25, 0.3) is 0 Å². The van der Waals surface area contributed by atoms with Crippen molar-refractivity contribution < 1.29 is 50.2 Å². The Kier molecular flexibility index (Phi) is 13.6. The minimum absolute atomic E-state index is 0. The van der Waals surface area contributed by atoms with Crippen LogP contribution in [0.1, 0.15) is 32.4 Å². The Morgan fingerprint density at radius 1 is 0.739 bits per heavy atom. The molecule has 0 aliphatic heterocycles. The molecular weight excluding hydrogens is 362 g/mol. The van der Waals surface area contributed by atoms with Gasteiger partial charge in [-0.15, -0.1) is 0 Å². The van der Waals surface area contributed by atoms with E-state index in [0.717, 1.165) is 0 Å². The SMILES string of the molecule is Cc1cnc(C(=O)[O-])cn1.Cc1cnc(C(=O)[O-])cn1.[OH3+].[OH3+].[Zn+2]. The predicted octanol–water partition coefficient (Wildman–Crippen LogP) is -3.55. The van der Waals surface area contributed by atoms with Gasteiger partial charge in [-0.25, -0.2) is 0 Å². The number of carbonyl (C=O) groups is 2. The molecule has 0 aromatic carbocycles. The summed E-state index contributed by atoms with van der Waals surface area (Å²) in [5.41, 5.74) is 1.10. The van der Waals surface area contributed by atoms with Crippen LogP contribution in [-0.4, -0.2) is 31.9 Å². The van der Waals surface area contributed by atoms with Crippen LogP contribution in [0.5, 0.6) is 0 Å². The van der Waals surface area contributed by atoms with E-state index < -0.39 is 11.9 Å². The molecular formula is C12H16N4O6Zn+2. The van der Waals surface area contributed by atoms with Crippen LogP contribution in [0.3, 0.4) is 0 Å². The van der Waals surface area contributed by atoms with Crippen LogP contribution in [0.25, 0.3) is 0 Å². The molecule has 0 aliphatic carbocycles. The average molecular weight is 378 g/mol. The maximum absolute atomic E-state index is 10.1. The molecule has 0 spiro atoms. The van der Waals surface area contributed by atoms with Crippen LogP contribution in [-0.2, 0) is 30.4 Å². The topological polar surface area (TPSA) is 198 Å². The summed E-state index contributed by atoms with van der Waals surface area (Å²) in [6.07, 6.45) is 5.10. The Hall–Kier alpha value is -2.36. The summed E-state index contributed by atoms with van der Waals surface area (Å²) in [6, 6.07) is 0. The quantitative estimate of drug-likeness (QED) is 0.378. The Balaban J connectivity index is -0.000000308. The van der Waals surface area contributed by atoms with Crippen molar-refractivity contribution in [1.29, 1.82) is 0 Å². The third-order valence-electron chi connectivity index (χ3n) is 1.98. The molecule has 2 aromatic rings. The largest absolute Gasteiger partial charge is 2.00 e. The second-order valence-electron chi connectivity index (χ2n) is 3.66. The molecule has 0 amide bonds. The second kappa shape index (κ2) is 12.2. The minimum Gasteiger partial charge on any atom is -0.543 e. The molecule has 0 saturated carbocycles. The summed E-state index contributed by atoms with van der Waals surface area (Å²) < 4.78 is 0. The maximum atomic E-state index is 10.1. The monoisotopic (exact) mass is 376 g/mol. The molecule has 2 rings (SSSR count). The van der Waals surface area contributed by atoms with Crippen molar-refractivity contribution in [1.82, 2.24) is 19.9 Å². The molecule has 0 bridgehead atoms. The Labute approximate surface area is 144 Å². The number of carbonyl (C=O) groups excluding carboxylic acids is 2. The second-order valence-corrected chi connectivity index (χ2v) is 3.66. The molecule has 0 unspecified atom stereocenters. The van der Waals surface area contributed by atoms with E-state index in [1.54, 1.807) is 13.8 Å². The Morgan fingerprint density at radius 3 is 1.22 bits per heavy atom. The van der Waals surface area contributed by atoms with E-state index in [9.17, 15) is 19.8 Å². The van der Waals surface area contributed by atoms with Crippen LogP contribution in [0.2, 0.25) is 0 Å². The number of hydrogen-bond acceptors (Lipinski definition) is 8. The molecule has 0 atom stereocenters. The summed E-state index contributed by atoms with van der Waals surface area (Å²) in [5.74, 6) is -2.60. The van der Waals surface area contributed by atoms with Crippen molar-refractivity contribution in [3.8, 4) is 0 Å². The van der Waals surface area contributed by atoms with Crippen LogP contribution >= 0.6 is 0 Å². The first-order chi connectivity index (χ1) is 9.40.